The van der Waals surface area contributed by atoms with Crippen LogP contribution in [0.25, 0.3) is 0 Å². The molecule has 0 saturated carbocycles. The van der Waals surface area contributed by atoms with Crippen molar-refractivity contribution in [2.45, 2.75) is 26.3 Å². The van der Waals surface area contributed by atoms with E-state index >= 15 is 0 Å². The number of hydrogen-bond donors (Lipinski definition) is 1. The summed E-state index contributed by atoms with van der Waals surface area (Å²) in [6.07, 6.45) is 5.97. The van der Waals surface area contributed by atoms with E-state index in [9.17, 15) is 4.79 Å². The summed E-state index contributed by atoms with van der Waals surface area (Å²) in [5.41, 5.74) is 2.55. The number of aryl methyl sites for hydroxylation is 1. The van der Waals surface area contributed by atoms with Gasteiger partial charge in [0.2, 0.25) is 0 Å². The standard InChI is InChI=1S/C19H25N5O/c1-15-5-3-4-6-17(15)13-16(2)22-19(25)24-11-9-23(10-12-24)18-14-20-7-8-21-18/h3-8,14,16H,9-13H2,1-2H3,(H,22,25). The quantitative estimate of drug-likeness (QED) is 0.928. The molecule has 132 valence electrons. The van der Waals surface area contributed by atoms with Gasteiger partial charge >= 0.3 is 6.03 Å². The van der Waals surface area contributed by atoms with E-state index in [1.165, 1.54) is 11.1 Å². The third-order valence-corrected chi connectivity index (χ3v) is 4.60. The summed E-state index contributed by atoms with van der Waals surface area (Å²) in [5.74, 6) is 0.871. The Kier molecular flexibility index (Phi) is 5.48. The van der Waals surface area contributed by atoms with Crippen LogP contribution in [0.4, 0.5) is 10.6 Å². The first-order valence-electron chi connectivity index (χ1n) is 8.74. The molecule has 2 amide bonds. The number of rotatable bonds is 4. The lowest BCUT2D eigenvalue weighted by Crippen LogP contribution is -2.53. The molecule has 1 aliphatic heterocycles. The van der Waals surface area contributed by atoms with Gasteiger partial charge < -0.3 is 15.1 Å². The van der Waals surface area contributed by atoms with E-state index in [1.807, 2.05) is 17.0 Å². The van der Waals surface area contributed by atoms with Gasteiger partial charge in [0.1, 0.15) is 5.82 Å². The Bertz CT molecular complexity index is 698. The average molecular weight is 339 g/mol. The summed E-state index contributed by atoms with van der Waals surface area (Å²) in [5, 5.41) is 3.12. The zero-order valence-electron chi connectivity index (χ0n) is 14.9. The van der Waals surface area contributed by atoms with E-state index in [4.69, 9.17) is 0 Å². The molecule has 0 radical (unpaired) electrons. The van der Waals surface area contributed by atoms with Gasteiger partial charge in [-0.25, -0.2) is 9.78 Å². The second-order valence-corrected chi connectivity index (χ2v) is 6.52. The molecule has 1 aromatic heterocycles. The molecule has 0 bridgehead atoms. The average Bonchev–Trinajstić information content (AvgIpc) is 2.64. The van der Waals surface area contributed by atoms with Gasteiger partial charge in [-0.1, -0.05) is 24.3 Å². The Morgan fingerprint density at radius 2 is 1.96 bits per heavy atom. The summed E-state index contributed by atoms with van der Waals surface area (Å²) >= 11 is 0. The number of carbonyl (C=O) groups excluding carboxylic acids is 1. The van der Waals surface area contributed by atoms with Crippen LogP contribution in [0, 0.1) is 6.92 Å². The van der Waals surface area contributed by atoms with Crippen molar-refractivity contribution in [2.24, 2.45) is 0 Å². The third kappa shape index (κ3) is 4.47. The molecule has 1 atom stereocenters. The molecule has 1 aromatic carbocycles. The van der Waals surface area contributed by atoms with Crippen LogP contribution in [0.1, 0.15) is 18.1 Å². The van der Waals surface area contributed by atoms with Crippen molar-refractivity contribution in [3.8, 4) is 0 Å². The molecular formula is C19H25N5O. The predicted octanol–water partition coefficient (Wildman–Crippen LogP) is 2.25. The lowest BCUT2D eigenvalue weighted by molar-refractivity contribution is 0.191. The van der Waals surface area contributed by atoms with Gasteiger partial charge in [0.15, 0.2) is 0 Å². The predicted molar refractivity (Wildman–Crippen MR) is 98.7 cm³/mol. The van der Waals surface area contributed by atoms with Crippen molar-refractivity contribution < 1.29 is 4.79 Å². The molecule has 6 nitrogen and oxygen atoms in total. The zero-order valence-corrected chi connectivity index (χ0v) is 14.9. The fraction of sp³-hybridized carbons (Fsp3) is 0.421. The van der Waals surface area contributed by atoms with Gasteiger partial charge in [0.05, 0.1) is 6.20 Å². The van der Waals surface area contributed by atoms with E-state index in [2.05, 4.69) is 46.2 Å². The van der Waals surface area contributed by atoms with Crippen molar-refractivity contribution in [1.82, 2.24) is 20.2 Å². The van der Waals surface area contributed by atoms with E-state index in [0.717, 1.165) is 25.3 Å². The van der Waals surface area contributed by atoms with Crippen molar-refractivity contribution in [3.63, 3.8) is 0 Å². The maximum Gasteiger partial charge on any atom is 0.317 e. The third-order valence-electron chi connectivity index (χ3n) is 4.60. The molecule has 2 aromatic rings. The number of benzene rings is 1. The minimum Gasteiger partial charge on any atom is -0.352 e. The number of carbonyl (C=O) groups is 1. The summed E-state index contributed by atoms with van der Waals surface area (Å²) in [6.45, 7) is 7.10. The summed E-state index contributed by atoms with van der Waals surface area (Å²) in [6, 6.07) is 8.43. The van der Waals surface area contributed by atoms with Crippen molar-refractivity contribution in [3.05, 3.63) is 54.0 Å². The first kappa shape index (κ1) is 17.2. The first-order chi connectivity index (χ1) is 12.1. The number of nitrogens with one attached hydrogen (secondary N) is 1. The first-order valence-corrected chi connectivity index (χ1v) is 8.74. The van der Waals surface area contributed by atoms with E-state index < -0.39 is 0 Å². The zero-order chi connectivity index (χ0) is 17.6. The number of hydrogen-bond acceptors (Lipinski definition) is 4. The largest absolute Gasteiger partial charge is 0.352 e. The lowest BCUT2D eigenvalue weighted by atomic mass is 10.0. The van der Waals surface area contributed by atoms with Crippen LogP contribution in [0.5, 0.6) is 0 Å². The lowest BCUT2D eigenvalue weighted by Gasteiger charge is -2.35. The summed E-state index contributed by atoms with van der Waals surface area (Å²) < 4.78 is 0. The van der Waals surface area contributed by atoms with Gasteiger partial charge in [-0.05, 0) is 31.4 Å². The van der Waals surface area contributed by atoms with Crippen LogP contribution in [-0.2, 0) is 6.42 Å². The maximum atomic E-state index is 12.5. The van der Waals surface area contributed by atoms with Gasteiger partial charge in [-0.15, -0.1) is 0 Å². The molecule has 0 spiro atoms. The highest BCUT2D eigenvalue weighted by atomic mass is 16.2. The van der Waals surface area contributed by atoms with Gasteiger partial charge in [0.25, 0.3) is 0 Å². The smallest absolute Gasteiger partial charge is 0.317 e. The van der Waals surface area contributed by atoms with Crippen LogP contribution < -0.4 is 10.2 Å². The normalized spacial score (nSPS) is 15.8. The molecule has 2 heterocycles. The van der Waals surface area contributed by atoms with Crippen LogP contribution in [-0.4, -0.2) is 53.1 Å². The van der Waals surface area contributed by atoms with Gasteiger partial charge in [-0.2, -0.15) is 0 Å². The SMILES string of the molecule is Cc1ccccc1CC(C)NC(=O)N1CCN(c2cnccn2)CC1. The summed E-state index contributed by atoms with van der Waals surface area (Å²) in [4.78, 5) is 25.0. The number of piperazine rings is 1. The summed E-state index contributed by atoms with van der Waals surface area (Å²) in [7, 11) is 0. The van der Waals surface area contributed by atoms with E-state index in [0.29, 0.717) is 13.1 Å². The Morgan fingerprint density at radius 1 is 1.20 bits per heavy atom. The molecule has 1 saturated heterocycles. The molecule has 3 rings (SSSR count). The van der Waals surface area contributed by atoms with Crippen molar-refractivity contribution >= 4 is 11.8 Å². The van der Waals surface area contributed by atoms with Gasteiger partial charge in [0, 0.05) is 44.6 Å². The maximum absolute atomic E-state index is 12.5. The molecule has 6 heteroatoms. The van der Waals surface area contributed by atoms with E-state index in [-0.39, 0.29) is 12.1 Å². The number of urea groups is 1. The number of amides is 2. The van der Waals surface area contributed by atoms with Gasteiger partial charge in [-0.3, -0.25) is 4.98 Å². The van der Waals surface area contributed by atoms with Crippen molar-refractivity contribution in [2.75, 3.05) is 31.1 Å². The monoisotopic (exact) mass is 339 g/mol. The Labute approximate surface area is 148 Å². The Morgan fingerprint density at radius 3 is 2.64 bits per heavy atom. The topological polar surface area (TPSA) is 61.4 Å². The van der Waals surface area contributed by atoms with E-state index in [1.54, 1.807) is 18.6 Å². The Hall–Kier alpha value is -2.63. The molecule has 0 aliphatic carbocycles. The molecule has 1 aliphatic rings. The molecule has 25 heavy (non-hydrogen) atoms. The molecule has 1 fully saturated rings. The fourth-order valence-electron chi connectivity index (χ4n) is 3.12. The molecular weight excluding hydrogens is 314 g/mol. The van der Waals surface area contributed by atoms with Crippen LogP contribution >= 0.6 is 0 Å². The van der Waals surface area contributed by atoms with Crippen LogP contribution in [0.2, 0.25) is 0 Å². The van der Waals surface area contributed by atoms with Crippen molar-refractivity contribution in [1.29, 1.82) is 0 Å². The number of nitrogens with zero attached hydrogens (tertiary/aromatic N) is 4. The molecule has 1 N–H and O–H groups in total. The fourth-order valence-corrected chi connectivity index (χ4v) is 3.12. The highest BCUT2D eigenvalue weighted by molar-refractivity contribution is 5.74. The minimum atomic E-state index is 0.0138. The second kappa shape index (κ2) is 7.96. The molecule has 1 unspecified atom stereocenters. The number of anilines is 1. The Balaban J connectivity index is 1.48. The number of aromatic nitrogens is 2. The highest BCUT2D eigenvalue weighted by Crippen LogP contribution is 2.12. The van der Waals surface area contributed by atoms with Crippen LogP contribution in [0.3, 0.4) is 0 Å². The highest BCUT2D eigenvalue weighted by Gasteiger charge is 2.22. The minimum absolute atomic E-state index is 0.0138. The second-order valence-electron chi connectivity index (χ2n) is 6.52. The van der Waals surface area contributed by atoms with Crippen LogP contribution in [0.15, 0.2) is 42.9 Å².